The van der Waals surface area contributed by atoms with Gasteiger partial charge in [0.25, 0.3) is 5.69 Å². The normalized spacial score (nSPS) is 12.3. The average molecular weight is 432 g/mol. The monoisotopic (exact) mass is 431 g/mol. The van der Waals surface area contributed by atoms with Gasteiger partial charge in [-0.15, -0.1) is 0 Å². The number of nitro benzene ring substituents is 1. The van der Waals surface area contributed by atoms with Crippen molar-refractivity contribution in [2.24, 2.45) is 0 Å². The van der Waals surface area contributed by atoms with Crippen LogP contribution >= 0.6 is 23.2 Å². The Bertz CT molecular complexity index is 977. The molecule has 11 heteroatoms. The molecule has 0 aliphatic rings. The van der Waals surface area contributed by atoms with Crippen LogP contribution in [0, 0.1) is 10.1 Å². The molecule has 27 heavy (non-hydrogen) atoms. The summed E-state index contributed by atoms with van der Waals surface area (Å²) in [5.74, 6) is -0.662. The van der Waals surface area contributed by atoms with E-state index in [0.717, 1.165) is 16.6 Å². The molecular formula is C16H15Cl2N3O5S. The number of rotatable bonds is 6. The Balaban J connectivity index is 2.37. The zero-order valence-electron chi connectivity index (χ0n) is 14.2. The Kier molecular flexibility index (Phi) is 6.30. The number of nitrogens with zero attached hydrogens (tertiary/aromatic N) is 2. The summed E-state index contributed by atoms with van der Waals surface area (Å²) >= 11 is 11.8. The van der Waals surface area contributed by atoms with Crippen molar-refractivity contribution in [1.82, 2.24) is 0 Å². The third kappa shape index (κ3) is 5.31. The first kappa shape index (κ1) is 20.9. The van der Waals surface area contributed by atoms with E-state index >= 15 is 0 Å². The highest BCUT2D eigenvalue weighted by Gasteiger charge is 2.30. The lowest BCUT2D eigenvalue weighted by atomic mass is 10.2. The molecule has 0 radical (unpaired) electrons. The van der Waals surface area contributed by atoms with E-state index in [-0.39, 0.29) is 17.1 Å². The molecule has 0 fully saturated rings. The van der Waals surface area contributed by atoms with E-state index < -0.39 is 26.9 Å². The number of anilines is 2. The van der Waals surface area contributed by atoms with Crippen LogP contribution in [0.2, 0.25) is 10.0 Å². The first-order valence-corrected chi connectivity index (χ1v) is 10.1. The molecule has 2 aromatic carbocycles. The van der Waals surface area contributed by atoms with Crippen LogP contribution in [0.4, 0.5) is 17.1 Å². The van der Waals surface area contributed by atoms with Crippen molar-refractivity contribution >= 4 is 56.2 Å². The van der Waals surface area contributed by atoms with Crippen LogP contribution in [0.15, 0.2) is 42.5 Å². The number of halogens is 2. The molecule has 0 aliphatic carbocycles. The maximum atomic E-state index is 12.6. The SMILES string of the molecule is CC(C(=O)Nc1cc(Cl)cc(Cl)c1)N(c1cccc([N+](=O)[O-])c1)S(C)(=O)=O. The summed E-state index contributed by atoms with van der Waals surface area (Å²) in [4.78, 5) is 22.9. The number of carbonyl (C=O) groups is 1. The molecule has 1 N–H and O–H groups in total. The highest BCUT2D eigenvalue weighted by atomic mass is 35.5. The molecule has 0 bridgehead atoms. The summed E-state index contributed by atoms with van der Waals surface area (Å²) in [7, 11) is -3.92. The van der Waals surface area contributed by atoms with Gasteiger partial charge in [0.15, 0.2) is 0 Å². The molecule has 0 heterocycles. The second-order valence-electron chi connectivity index (χ2n) is 5.66. The minimum atomic E-state index is -3.92. The van der Waals surface area contributed by atoms with Gasteiger partial charge in [0.1, 0.15) is 6.04 Å². The number of nitro groups is 1. The van der Waals surface area contributed by atoms with Gasteiger partial charge in [-0.25, -0.2) is 8.42 Å². The second kappa shape index (κ2) is 8.12. The van der Waals surface area contributed by atoms with Crippen molar-refractivity contribution in [1.29, 1.82) is 0 Å². The topological polar surface area (TPSA) is 110 Å². The van der Waals surface area contributed by atoms with Crippen LogP contribution < -0.4 is 9.62 Å². The molecule has 2 rings (SSSR count). The summed E-state index contributed by atoms with van der Waals surface area (Å²) in [6, 6.07) is 8.21. The van der Waals surface area contributed by atoms with Gasteiger partial charge in [-0.05, 0) is 31.2 Å². The predicted molar refractivity (Wildman–Crippen MR) is 105 cm³/mol. The fourth-order valence-electron chi connectivity index (χ4n) is 2.43. The van der Waals surface area contributed by atoms with E-state index in [0.29, 0.717) is 10.0 Å². The molecule has 2 aromatic rings. The van der Waals surface area contributed by atoms with Crippen LogP contribution in [0.5, 0.6) is 0 Å². The van der Waals surface area contributed by atoms with Crippen molar-refractivity contribution in [3.05, 3.63) is 62.6 Å². The summed E-state index contributed by atoms with van der Waals surface area (Å²) in [5.41, 5.74) is -0.00861. The highest BCUT2D eigenvalue weighted by molar-refractivity contribution is 7.92. The summed E-state index contributed by atoms with van der Waals surface area (Å²) < 4.78 is 25.3. The molecule has 1 amide bonds. The number of nitrogens with one attached hydrogen (secondary N) is 1. The Morgan fingerprint density at radius 1 is 1.19 bits per heavy atom. The van der Waals surface area contributed by atoms with Crippen LogP contribution in [-0.4, -0.2) is 31.5 Å². The smallest absolute Gasteiger partial charge is 0.271 e. The number of hydrogen-bond donors (Lipinski definition) is 1. The molecule has 1 unspecified atom stereocenters. The Hall–Kier alpha value is -2.36. The van der Waals surface area contributed by atoms with Crippen LogP contribution in [0.3, 0.4) is 0 Å². The van der Waals surface area contributed by atoms with Crippen LogP contribution in [0.25, 0.3) is 0 Å². The minimum Gasteiger partial charge on any atom is -0.324 e. The zero-order valence-corrected chi connectivity index (χ0v) is 16.5. The molecule has 144 valence electrons. The standard InChI is InChI=1S/C16H15Cl2N3O5S/c1-10(16(22)19-13-7-11(17)6-12(18)8-13)20(27(2,25)26)14-4-3-5-15(9-14)21(23)24/h3-10H,1-2H3,(H,19,22). The van der Waals surface area contributed by atoms with E-state index in [4.69, 9.17) is 23.2 Å². The summed E-state index contributed by atoms with van der Waals surface area (Å²) in [5, 5.41) is 14.1. The highest BCUT2D eigenvalue weighted by Crippen LogP contribution is 2.27. The molecule has 0 aromatic heterocycles. The molecule has 0 saturated carbocycles. The first-order chi connectivity index (χ1) is 12.5. The van der Waals surface area contributed by atoms with Crippen molar-refractivity contribution in [2.45, 2.75) is 13.0 Å². The lowest BCUT2D eigenvalue weighted by Gasteiger charge is -2.28. The van der Waals surface area contributed by atoms with Crippen molar-refractivity contribution in [2.75, 3.05) is 15.9 Å². The largest absolute Gasteiger partial charge is 0.324 e. The average Bonchev–Trinajstić information content (AvgIpc) is 2.52. The quantitative estimate of drug-likeness (QED) is 0.553. The number of non-ortho nitro benzene ring substituents is 1. The van der Waals surface area contributed by atoms with Gasteiger partial charge in [0.2, 0.25) is 15.9 Å². The third-order valence-electron chi connectivity index (χ3n) is 3.51. The fraction of sp³-hybridized carbons (Fsp3) is 0.188. The maximum absolute atomic E-state index is 12.6. The Labute approximate surface area is 165 Å². The van der Waals surface area contributed by atoms with Crippen molar-refractivity contribution in [3.8, 4) is 0 Å². The van der Waals surface area contributed by atoms with E-state index in [1.807, 2.05) is 0 Å². The van der Waals surface area contributed by atoms with Crippen molar-refractivity contribution < 1.29 is 18.1 Å². The van der Waals surface area contributed by atoms with Crippen LogP contribution in [0.1, 0.15) is 6.92 Å². The van der Waals surface area contributed by atoms with Gasteiger partial charge in [-0.3, -0.25) is 19.2 Å². The molecule has 0 aliphatic heterocycles. The summed E-state index contributed by atoms with van der Waals surface area (Å²) in [6.07, 6.45) is 0.909. The number of benzene rings is 2. The van der Waals surface area contributed by atoms with Gasteiger partial charge in [0, 0.05) is 27.9 Å². The number of hydrogen-bond acceptors (Lipinski definition) is 5. The summed E-state index contributed by atoms with van der Waals surface area (Å²) in [6.45, 7) is 1.36. The molecule has 0 spiro atoms. The van der Waals surface area contributed by atoms with E-state index in [1.54, 1.807) is 0 Å². The maximum Gasteiger partial charge on any atom is 0.271 e. The van der Waals surface area contributed by atoms with Crippen LogP contribution in [-0.2, 0) is 14.8 Å². The molecule has 0 saturated heterocycles. The molecule has 1 atom stereocenters. The predicted octanol–water partition coefficient (Wildman–Crippen LogP) is 3.69. The zero-order chi connectivity index (χ0) is 20.4. The third-order valence-corrected chi connectivity index (χ3v) is 5.19. The number of carbonyl (C=O) groups excluding carboxylic acids is 1. The number of sulfonamides is 1. The van der Waals surface area contributed by atoms with E-state index in [1.165, 1.54) is 43.3 Å². The van der Waals surface area contributed by atoms with Crippen molar-refractivity contribution in [3.63, 3.8) is 0 Å². The van der Waals surface area contributed by atoms with Gasteiger partial charge < -0.3 is 5.32 Å². The molecule has 8 nitrogen and oxygen atoms in total. The van der Waals surface area contributed by atoms with Gasteiger partial charge >= 0.3 is 0 Å². The fourth-order valence-corrected chi connectivity index (χ4v) is 4.12. The Morgan fingerprint density at radius 3 is 2.30 bits per heavy atom. The minimum absolute atomic E-state index is 0.00141. The van der Waals surface area contributed by atoms with Gasteiger partial charge in [-0.2, -0.15) is 0 Å². The molecular weight excluding hydrogens is 417 g/mol. The van der Waals surface area contributed by atoms with E-state index in [9.17, 15) is 23.3 Å². The number of amides is 1. The first-order valence-electron chi connectivity index (χ1n) is 7.50. The second-order valence-corrected chi connectivity index (χ2v) is 8.39. The van der Waals surface area contributed by atoms with Gasteiger partial charge in [0.05, 0.1) is 16.9 Å². The van der Waals surface area contributed by atoms with Gasteiger partial charge in [-0.1, -0.05) is 29.3 Å². The lowest BCUT2D eigenvalue weighted by Crippen LogP contribution is -2.45. The lowest BCUT2D eigenvalue weighted by molar-refractivity contribution is -0.384. The van der Waals surface area contributed by atoms with E-state index in [2.05, 4.69) is 5.32 Å². The Morgan fingerprint density at radius 2 is 1.78 bits per heavy atom.